The van der Waals surface area contributed by atoms with Crippen molar-refractivity contribution in [3.8, 4) is 0 Å². The number of carbonyl (C=O) groups excluding carboxylic acids is 1. The van der Waals surface area contributed by atoms with Gasteiger partial charge < -0.3 is 4.90 Å². The molecule has 0 spiro atoms. The monoisotopic (exact) mass is 248 g/mol. The zero-order chi connectivity index (χ0) is 13.3. The number of carbonyl (C=O) groups is 1. The molecule has 18 heavy (non-hydrogen) atoms. The largest absolute Gasteiger partial charge is 0.369 e. The first-order valence-corrected chi connectivity index (χ1v) is 6.06. The SMILES string of the molecule is CC(=O)c1cc(N2CCCC2C)ccc1[N+](=O)[O-]. The normalized spacial score (nSPS) is 19.0. The van der Waals surface area contributed by atoms with E-state index < -0.39 is 4.92 Å². The van der Waals surface area contributed by atoms with Crippen molar-refractivity contribution in [1.82, 2.24) is 0 Å². The highest BCUT2D eigenvalue weighted by molar-refractivity contribution is 5.99. The molecule has 1 saturated heterocycles. The van der Waals surface area contributed by atoms with Crippen molar-refractivity contribution < 1.29 is 9.72 Å². The standard InChI is InChI=1S/C13H16N2O3/c1-9-4-3-7-14(9)11-5-6-13(15(17)18)12(8-11)10(2)16/h5-6,8-9H,3-4,7H2,1-2H3. The van der Waals surface area contributed by atoms with E-state index in [1.807, 2.05) is 0 Å². The summed E-state index contributed by atoms with van der Waals surface area (Å²) in [6, 6.07) is 5.22. The molecule has 0 N–H and O–H groups in total. The van der Waals surface area contributed by atoms with Gasteiger partial charge in [-0.3, -0.25) is 14.9 Å². The van der Waals surface area contributed by atoms with Crippen molar-refractivity contribution >= 4 is 17.2 Å². The summed E-state index contributed by atoms with van der Waals surface area (Å²) >= 11 is 0. The molecule has 1 aliphatic heterocycles. The Labute approximate surface area is 106 Å². The predicted octanol–water partition coefficient (Wildman–Crippen LogP) is 2.79. The van der Waals surface area contributed by atoms with E-state index >= 15 is 0 Å². The minimum Gasteiger partial charge on any atom is -0.369 e. The van der Waals surface area contributed by atoms with Crippen LogP contribution in [0.25, 0.3) is 0 Å². The molecule has 0 bridgehead atoms. The number of benzene rings is 1. The Bertz CT molecular complexity index is 499. The molecule has 1 unspecified atom stereocenters. The van der Waals surface area contributed by atoms with Crippen molar-refractivity contribution in [2.24, 2.45) is 0 Å². The number of nitrogens with zero attached hydrogens (tertiary/aromatic N) is 2. The molecule has 1 aliphatic rings. The van der Waals surface area contributed by atoms with Crippen LogP contribution in [0.5, 0.6) is 0 Å². The summed E-state index contributed by atoms with van der Waals surface area (Å²) in [4.78, 5) is 24.0. The van der Waals surface area contributed by atoms with Gasteiger partial charge in [0, 0.05) is 24.3 Å². The molecule has 1 fully saturated rings. The van der Waals surface area contributed by atoms with Crippen LogP contribution in [0.1, 0.15) is 37.0 Å². The number of nitro groups is 1. The van der Waals surface area contributed by atoms with Gasteiger partial charge in [0.05, 0.1) is 10.5 Å². The van der Waals surface area contributed by atoms with Crippen molar-refractivity contribution in [2.45, 2.75) is 32.7 Å². The van der Waals surface area contributed by atoms with E-state index in [9.17, 15) is 14.9 Å². The maximum absolute atomic E-state index is 11.5. The zero-order valence-electron chi connectivity index (χ0n) is 10.5. The highest BCUT2D eigenvalue weighted by atomic mass is 16.6. The molecule has 2 rings (SSSR count). The third-order valence-electron chi connectivity index (χ3n) is 3.44. The average molecular weight is 248 g/mol. The number of nitro benzene ring substituents is 1. The second kappa shape index (κ2) is 4.76. The Morgan fingerprint density at radius 2 is 2.22 bits per heavy atom. The molecule has 0 aliphatic carbocycles. The fourth-order valence-corrected chi connectivity index (χ4v) is 2.46. The van der Waals surface area contributed by atoms with Crippen LogP contribution in [0.4, 0.5) is 11.4 Å². The van der Waals surface area contributed by atoms with E-state index in [1.165, 1.54) is 13.0 Å². The molecular weight excluding hydrogens is 232 g/mol. The first-order valence-electron chi connectivity index (χ1n) is 6.06. The van der Waals surface area contributed by atoms with E-state index in [1.54, 1.807) is 12.1 Å². The van der Waals surface area contributed by atoms with Crippen LogP contribution in [-0.2, 0) is 0 Å². The topological polar surface area (TPSA) is 63.5 Å². The van der Waals surface area contributed by atoms with E-state index in [2.05, 4.69) is 11.8 Å². The van der Waals surface area contributed by atoms with Crippen molar-refractivity contribution in [2.75, 3.05) is 11.4 Å². The minimum absolute atomic E-state index is 0.113. The third kappa shape index (κ3) is 2.20. The summed E-state index contributed by atoms with van der Waals surface area (Å²) < 4.78 is 0. The first-order chi connectivity index (χ1) is 8.50. The number of rotatable bonds is 3. The smallest absolute Gasteiger partial charge is 0.280 e. The molecule has 5 heteroatoms. The Hall–Kier alpha value is -1.91. The minimum atomic E-state index is -0.506. The molecule has 0 saturated carbocycles. The fraction of sp³-hybridized carbons (Fsp3) is 0.462. The average Bonchev–Trinajstić information content (AvgIpc) is 2.74. The second-order valence-corrected chi connectivity index (χ2v) is 4.70. The number of Topliss-reactive ketones (excluding diaryl/α,β-unsaturated/α-hetero) is 1. The number of hydrogen-bond donors (Lipinski definition) is 0. The van der Waals surface area contributed by atoms with Crippen LogP contribution in [0, 0.1) is 10.1 Å². The van der Waals surface area contributed by atoms with E-state index in [0.717, 1.165) is 25.1 Å². The summed E-state index contributed by atoms with van der Waals surface area (Å²) in [5, 5.41) is 10.9. The zero-order valence-corrected chi connectivity index (χ0v) is 10.5. The van der Waals surface area contributed by atoms with Gasteiger partial charge in [-0.15, -0.1) is 0 Å². The molecule has 0 amide bonds. The lowest BCUT2D eigenvalue weighted by atomic mass is 10.1. The van der Waals surface area contributed by atoms with Crippen LogP contribution < -0.4 is 4.90 Å². The molecule has 0 aromatic heterocycles. The molecular formula is C13H16N2O3. The van der Waals surface area contributed by atoms with Crippen molar-refractivity contribution in [1.29, 1.82) is 0 Å². The maximum atomic E-state index is 11.5. The molecule has 1 aromatic carbocycles. The fourth-order valence-electron chi connectivity index (χ4n) is 2.46. The Balaban J connectivity index is 2.43. The van der Waals surface area contributed by atoms with Gasteiger partial charge in [0.1, 0.15) is 0 Å². The number of hydrogen-bond acceptors (Lipinski definition) is 4. The van der Waals surface area contributed by atoms with Crippen LogP contribution >= 0.6 is 0 Å². The lowest BCUT2D eigenvalue weighted by molar-refractivity contribution is -0.385. The third-order valence-corrected chi connectivity index (χ3v) is 3.44. The second-order valence-electron chi connectivity index (χ2n) is 4.70. The van der Waals surface area contributed by atoms with Gasteiger partial charge in [-0.05, 0) is 38.8 Å². The van der Waals surface area contributed by atoms with Crippen LogP contribution in [0.15, 0.2) is 18.2 Å². The van der Waals surface area contributed by atoms with E-state index in [4.69, 9.17) is 0 Å². The molecule has 5 nitrogen and oxygen atoms in total. The molecule has 96 valence electrons. The highest BCUT2D eigenvalue weighted by Gasteiger charge is 2.24. The molecule has 1 aromatic rings. The predicted molar refractivity (Wildman–Crippen MR) is 69.1 cm³/mol. The summed E-state index contributed by atoms with van der Waals surface area (Å²) in [7, 11) is 0. The van der Waals surface area contributed by atoms with Gasteiger partial charge >= 0.3 is 0 Å². The Morgan fingerprint density at radius 1 is 1.50 bits per heavy atom. The van der Waals surface area contributed by atoms with Gasteiger partial charge in [0.15, 0.2) is 5.78 Å². The highest BCUT2D eigenvalue weighted by Crippen LogP contribution is 2.30. The number of anilines is 1. The summed E-state index contributed by atoms with van der Waals surface area (Å²) in [6.07, 6.45) is 2.24. The molecule has 1 heterocycles. The van der Waals surface area contributed by atoms with Gasteiger partial charge in [-0.25, -0.2) is 0 Å². The van der Waals surface area contributed by atoms with Crippen molar-refractivity contribution in [3.63, 3.8) is 0 Å². The van der Waals surface area contributed by atoms with E-state index in [-0.39, 0.29) is 17.0 Å². The lowest BCUT2D eigenvalue weighted by Gasteiger charge is -2.24. The quantitative estimate of drug-likeness (QED) is 0.468. The number of ketones is 1. The Kier molecular flexibility index (Phi) is 3.32. The van der Waals surface area contributed by atoms with Gasteiger partial charge in [0.2, 0.25) is 0 Å². The summed E-state index contributed by atoms with van der Waals surface area (Å²) in [6.45, 7) is 4.43. The maximum Gasteiger partial charge on any atom is 0.280 e. The van der Waals surface area contributed by atoms with Gasteiger partial charge in [-0.1, -0.05) is 0 Å². The summed E-state index contributed by atoms with van der Waals surface area (Å²) in [5.74, 6) is -0.268. The van der Waals surface area contributed by atoms with Gasteiger partial charge in [-0.2, -0.15) is 0 Å². The Morgan fingerprint density at radius 3 is 2.72 bits per heavy atom. The van der Waals surface area contributed by atoms with E-state index in [0.29, 0.717) is 6.04 Å². The molecule has 1 atom stereocenters. The molecule has 0 radical (unpaired) electrons. The van der Waals surface area contributed by atoms with Crippen LogP contribution in [0.2, 0.25) is 0 Å². The van der Waals surface area contributed by atoms with Crippen LogP contribution in [0.3, 0.4) is 0 Å². The van der Waals surface area contributed by atoms with Crippen molar-refractivity contribution in [3.05, 3.63) is 33.9 Å². The first kappa shape index (κ1) is 12.5. The van der Waals surface area contributed by atoms with Gasteiger partial charge in [0.25, 0.3) is 5.69 Å². The summed E-state index contributed by atoms with van der Waals surface area (Å²) in [5.41, 5.74) is 0.977. The lowest BCUT2D eigenvalue weighted by Crippen LogP contribution is -2.26. The van der Waals surface area contributed by atoms with Crippen LogP contribution in [-0.4, -0.2) is 23.3 Å².